The van der Waals surface area contributed by atoms with E-state index in [1.54, 1.807) is 0 Å². The van der Waals surface area contributed by atoms with Crippen LogP contribution in [0.25, 0.3) is 71.2 Å². The van der Waals surface area contributed by atoms with Gasteiger partial charge in [0.25, 0.3) is 0 Å². The third-order valence-electron chi connectivity index (χ3n) is 10.4. The van der Waals surface area contributed by atoms with Crippen molar-refractivity contribution in [1.82, 2.24) is 4.57 Å². The molecule has 0 N–H and O–H groups in total. The molecule has 0 bridgehead atoms. The van der Waals surface area contributed by atoms with E-state index < -0.39 is 0 Å². The maximum atomic E-state index is 2.47. The van der Waals surface area contributed by atoms with E-state index in [0.29, 0.717) is 0 Å². The van der Waals surface area contributed by atoms with E-state index >= 15 is 0 Å². The van der Waals surface area contributed by atoms with Gasteiger partial charge in [0.1, 0.15) is 0 Å². The minimum atomic E-state index is -0.0227. The van der Waals surface area contributed by atoms with Crippen molar-refractivity contribution < 1.29 is 0 Å². The lowest BCUT2D eigenvalue weighted by Crippen LogP contribution is -2.15. The minimum Gasteiger partial charge on any atom is -0.314 e. The van der Waals surface area contributed by atoms with Crippen LogP contribution in [0.15, 0.2) is 127 Å². The largest absolute Gasteiger partial charge is 0.314 e. The maximum absolute atomic E-state index is 2.47. The molecule has 1 nitrogen and oxygen atoms in total. The molecule has 1 aromatic heterocycles. The fourth-order valence-corrected chi connectivity index (χ4v) is 7.84. The summed E-state index contributed by atoms with van der Waals surface area (Å²) in [6.07, 6.45) is 0. The van der Waals surface area contributed by atoms with Gasteiger partial charge in [-0.15, -0.1) is 0 Å². The van der Waals surface area contributed by atoms with Gasteiger partial charge in [-0.3, -0.25) is 0 Å². The Bertz CT molecular complexity index is 2490. The van der Waals surface area contributed by atoms with Gasteiger partial charge >= 0.3 is 0 Å². The summed E-state index contributed by atoms with van der Waals surface area (Å²) in [7, 11) is 0. The fraction of sp³-hybridized carbons (Fsp3) is 0.116. The molecule has 0 spiro atoms. The Morgan fingerprint density at radius 1 is 0.477 bits per heavy atom. The molecule has 0 aliphatic heterocycles. The van der Waals surface area contributed by atoms with Gasteiger partial charge in [0.2, 0.25) is 0 Å². The SMILES string of the molecule is Cc1c(C)n(-c2ccc3c(c2)C(C)(C)c2ccccc2-3)c2cc3ccc4cc(-c5ccc6ccccc6c5)ccc4c3cc12. The summed E-state index contributed by atoms with van der Waals surface area (Å²) in [5.41, 5.74) is 13.2. The Morgan fingerprint density at radius 2 is 1.14 bits per heavy atom. The Hall–Kier alpha value is -5.14. The number of fused-ring (bicyclic) bond motifs is 8. The van der Waals surface area contributed by atoms with Gasteiger partial charge in [-0.05, 0) is 122 Å². The van der Waals surface area contributed by atoms with Gasteiger partial charge in [-0.2, -0.15) is 0 Å². The molecule has 1 aliphatic carbocycles. The van der Waals surface area contributed by atoms with Crippen LogP contribution in [0.4, 0.5) is 0 Å². The lowest BCUT2D eigenvalue weighted by atomic mass is 9.82. The first-order valence-electron chi connectivity index (χ1n) is 15.6. The van der Waals surface area contributed by atoms with Crippen LogP contribution in [-0.2, 0) is 5.41 Å². The number of aryl methyl sites for hydroxylation is 1. The highest BCUT2D eigenvalue weighted by Gasteiger charge is 2.35. The molecule has 210 valence electrons. The summed E-state index contributed by atoms with van der Waals surface area (Å²) in [6, 6.07) is 47.6. The summed E-state index contributed by atoms with van der Waals surface area (Å²) >= 11 is 0. The molecule has 9 rings (SSSR count). The Morgan fingerprint density at radius 3 is 1.98 bits per heavy atom. The van der Waals surface area contributed by atoms with E-state index in [0.717, 1.165) is 0 Å². The fourth-order valence-electron chi connectivity index (χ4n) is 7.84. The molecule has 0 amide bonds. The quantitative estimate of drug-likeness (QED) is 0.184. The van der Waals surface area contributed by atoms with Crippen molar-refractivity contribution in [2.45, 2.75) is 33.1 Å². The lowest BCUT2D eigenvalue weighted by Gasteiger charge is -2.22. The normalized spacial score (nSPS) is 13.6. The zero-order valence-corrected chi connectivity index (χ0v) is 25.6. The first-order chi connectivity index (χ1) is 21.4. The third kappa shape index (κ3) is 3.47. The van der Waals surface area contributed by atoms with Crippen LogP contribution < -0.4 is 0 Å². The van der Waals surface area contributed by atoms with Crippen LogP contribution >= 0.6 is 0 Å². The van der Waals surface area contributed by atoms with Crippen molar-refractivity contribution in [3.63, 3.8) is 0 Å². The van der Waals surface area contributed by atoms with Crippen LogP contribution in [0.3, 0.4) is 0 Å². The van der Waals surface area contributed by atoms with Gasteiger partial charge in [0, 0.05) is 22.2 Å². The number of hydrogen-bond acceptors (Lipinski definition) is 0. The molecular formula is C43H33N. The molecule has 0 fully saturated rings. The summed E-state index contributed by atoms with van der Waals surface area (Å²) in [4.78, 5) is 0. The van der Waals surface area contributed by atoms with Crippen molar-refractivity contribution in [1.29, 1.82) is 0 Å². The molecule has 0 radical (unpaired) electrons. The van der Waals surface area contributed by atoms with Crippen molar-refractivity contribution >= 4 is 43.2 Å². The van der Waals surface area contributed by atoms with Crippen LogP contribution in [0.5, 0.6) is 0 Å². The molecule has 0 atom stereocenters. The third-order valence-corrected chi connectivity index (χ3v) is 10.4. The van der Waals surface area contributed by atoms with E-state index in [9.17, 15) is 0 Å². The molecule has 1 aliphatic rings. The summed E-state index contributed by atoms with van der Waals surface area (Å²) in [5, 5.41) is 9.04. The van der Waals surface area contributed by atoms with Gasteiger partial charge in [0.05, 0.1) is 5.52 Å². The predicted octanol–water partition coefficient (Wildman–Crippen LogP) is 11.7. The summed E-state index contributed by atoms with van der Waals surface area (Å²) < 4.78 is 2.47. The molecule has 1 heteroatoms. The molecule has 0 saturated carbocycles. The second-order valence-corrected chi connectivity index (χ2v) is 13.1. The second-order valence-electron chi connectivity index (χ2n) is 13.1. The van der Waals surface area contributed by atoms with Gasteiger partial charge in [0.15, 0.2) is 0 Å². The zero-order valence-electron chi connectivity index (χ0n) is 25.6. The monoisotopic (exact) mass is 563 g/mol. The highest BCUT2D eigenvalue weighted by molar-refractivity contribution is 6.13. The first kappa shape index (κ1) is 25.4. The highest BCUT2D eigenvalue weighted by atomic mass is 15.0. The molecule has 44 heavy (non-hydrogen) atoms. The van der Waals surface area contributed by atoms with Crippen molar-refractivity contribution in [3.8, 4) is 27.9 Å². The van der Waals surface area contributed by atoms with Crippen LogP contribution in [0.1, 0.15) is 36.2 Å². The number of nitrogens with zero attached hydrogens (tertiary/aromatic N) is 1. The van der Waals surface area contributed by atoms with Gasteiger partial charge in [-0.25, -0.2) is 0 Å². The lowest BCUT2D eigenvalue weighted by molar-refractivity contribution is 0.659. The van der Waals surface area contributed by atoms with E-state index in [4.69, 9.17) is 0 Å². The number of rotatable bonds is 2. The second kappa shape index (κ2) is 8.94. The van der Waals surface area contributed by atoms with Crippen LogP contribution in [0.2, 0.25) is 0 Å². The van der Waals surface area contributed by atoms with Gasteiger partial charge < -0.3 is 4.57 Å². The zero-order chi connectivity index (χ0) is 29.7. The topological polar surface area (TPSA) is 4.93 Å². The van der Waals surface area contributed by atoms with Crippen molar-refractivity contribution in [2.24, 2.45) is 0 Å². The van der Waals surface area contributed by atoms with Crippen LogP contribution in [-0.4, -0.2) is 4.57 Å². The molecule has 7 aromatic carbocycles. The predicted molar refractivity (Wildman–Crippen MR) is 188 cm³/mol. The smallest absolute Gasteiger partial charge is 0.0540 e. The minimum absolute atomic E-state index is 0.0227. The number of aromatic nitrogens is 1. The Balaban J connectivity index is 1.19. The number of benzene rings is 7. The maximum Gasteiger partial charge on any atom is 0.0540 e. The average molecular weight is 564 g/mol. The molecule has 1 heterocycles. The molecular weight excluding hydrogens is 530 g/mol. The highest BCUT2D eigenvalue weighted by Crippen LogP contribution is 2.49. The Labute approximate surface area is 258 Å². The van der Waals surface area contributed by atoms with E-state index in [1.165, 1.54) is 93.5 Å². The molecule has 0 saturated heterocycles. The summed E-state index contributed by atoms with van der Waals surface area (Å²) in [6.45, 7) is 9.26. The first-order valence-corrected chi connectivity index (χ1v) is 15.6. The van der Waals surface area contributed by atoms with Crippen LogP contribution in [0, 0.1) is 13.8 Å². The summed E-state index contributed by atoms with van der Waals surface area (Å²) in [5.74, 6) is 0. The van der Waals surface area contributed by atoms with E-state index in [2.05, 4.69) is 160 Å². The molecule has 0 unspecified atom stereocenters. The van der Waals surface area contributed by atoms with Gasteiger partial charge in [-0.1, -0.05) is 105 Å². The van der Waals surface area contributed by atoms with Crippen molar-refractivity contribution in [2.75, 3.05) is 0 Å². The van der Waals surface area contributed by atoms with Crippen molar-refractivity contribution in [3.05, 3.63) is 150 Å². The Kier molecular flexibility index (Phi) is 5.15. The standard InChI is InChI=1S/C43H33N/c1-26-27(2)44(34-18-20-37-36-11-7-8-12-40(36)43(3,4)41(37)24-34)42-23-33-16-15-32-22-31(17-19-35(32)39(33)25-38(26)42)30-14-13-28-9-5-6-10-29(28)21-30/h5-25H,1-4H3. The van der Waals surface area contributed by atoms with E-state index in [-0.39, 0.29) is 5.41 Å². The van der Waals surface area contributed by atoms with E-state index in [1.807, 2.05) is 0 Å². The molecule has 8 aromatic rings. The average Bonchev–Trinajstić information content (AvgIpc) is 3.44. The number of hydrogen-bond donors (Lipinski definition) is 0.